The molecule has 0 unspecified atom stereocenters. The highest BCUT2D eigenvalue weighted by molar-refractivity contribution is 7.89. The van der Waals surface area contributed by atoms with E-state index >= 15 is 0 Å². The molecule has 1 aromatic rings. The Balaban J connectivity index is 2.67. The van der Waals surface area contributed by atoms with Gasteiger partial charge in [0.25, 0.3) is 15.6 Å². The summed E-state index contributed by atoms with van der Waals surface area (Å²) < 4.78 is 70.8. The number of nitrogens with zero attached hydrogens (tertiary/aromatic N) is 1. The van der Waals surface area contributed by atoms with Crippen molar-refractivity contribution in [3.05, 3.63) is 29.8 Å². The molecule has 0 radical (unpaired) electrons. The highest BCUT2D eigenvalue weighted by atomic mass is 32.2. The summed E-state index contributed by atoms with van der Waals surface area (Å²) in [5.74, 6) is -3.10. The van der Waals surface area contributed by atoms with Gasteiger partial charge in [0.15, 0.2) is 0 Å². The number of carbonyl (C=O) groups is 2. The number of hydrogen-bond donors (Lipinski definition) is 0. The van der Waals surface area contributed by atoms with Crippen LogP contribution in [0.2, 0.25) is 0 Å². The first-order valence-electron chi connectivity index (χ1n) is 7.37. The van der Waals surface area contributed by atoms with E-state index in [2.05, 4.69) is 4.74 Å². The molecular weight excluding hydrogens is 363 g/mol. The maximum Gasteiger partial charge on any atom is 0.423 e. The SMILES string of the molecule is CCOC(=O)[C@]1(C(F)(F)F)CCC(=O)N1S(=O)(=O)c1ccc(C)cc1. The predicted octanol–water partition coefficient (Wildman–Crippen LogP) is 2.17. The number of ether oxygens (including phenoxy) is 1. The van der Waals surface area contributed by atoms with E-state index in [1.54, 1.807) is 6.92 Å². The fourth-order valence-electron chi connectivity index (χ4n) is 2.67. The Kier molecular flexibility index (Phi) is 4.86. The average molecular weight is 379 g/mol. The number of amides is 1. The molecule has 138 valence electrons. The van der Waals surface area contributed by atoms with E-state index in [9.17, 15) is 31.2 Å². The molecule has 0 bridgehead atoms. The Hall–Kier alpha value is -2.10. The lowest BCUT2D eigenvalue weighted by atomic mass is 9.97. The third kappa shape index (κ3) is 2.99. The van der Waals surface area contributed by atoms with Crippen molar-refractivity contribution in [1.82, 2.24) is 4.31 Å². The van der Waals surface area contributed by atoms with Crippen molar-refractivity contribution in [2.24, 2.45) is 0 Å². The first kappa shape index (κ1) is 19.2. The Morgan fingerprint density at radius 1 is 1.28 bits per heavy atom. The summed E-state index contributed by atoms with van der Waals surface area (Å²) in [4.78, 5) is 23.7. The standard InChI is InChI=1S/C15H16F3NO5S/c1-3-24-13(21)14(15(16,17)18)9-8-12(20)19(14)25(22,23)11-6-4-10(2)5-7-11/h4-7H,3,8-9H2,1-2H3/t14-/m0/s1. The lowest BCUT2D eigenvalue weighted by Crippen LogP contribution is -2.63. The van der Waals surface area contributed by atoms with Crippen molar-refractivity contribution >= 4 is 21.9 Å². The summed E-state index contributed by atoms with van der Waals surface area (Å²) in [7, 11) is -4.90. The quantitative estimate of drug-likeness (QED) is 0.749. The molecule has 1 aliphatic rings. The lowest BCUT2D eigenvalue weighted by Gasteiger charge is -2.36. The van der Waals surface area contributed by atoms with Crippen LogP contribution in [0.4, 0.5) is 13.2 Å². The van der Waals surface area contributed by atoms with Crippen LogP contribution in [0.15, 0.2) is 29.2 Å². The smallest absolute Gasteiger partial charge is 0.423 e. The van der Waals surface area contributed by atoms with Crippen LogP contribution in [-0.2, 0) is 24.3 Å². The maximum atomic E-state index is 13.8. The van der Waals surface area contributed by atoms with Crippen LogP contribution in [0.3, 0.4) is 0 Å². The molecule has 1 aliphatic heterocycles. The number of hydrogen-bond acceptors (Lipinski definition) is 5. The fraction of sp³-hybridized carbons (Fsp3) is 0.467. The van der Waals surface area contributed by atoms with Crippen molar-refractivity contribution in [2.45, 2.75) is 43.3 Å². The maximum absolute atomic E-state index is 13.8. The third-order valence-electron chi connectivity index (χ3n) is 3.92. The molecule has 0 aliphatic carbocycles. The van der Waals surface area contributed by atoms with Gasteiger partial charge in [0, 0.05) is 12.8 Å². The summed E-state index contributed by atoms with van der Waals surface area (Å²) >= 11 is 0. The van der Waals surface area contributed by atoms with E-state index in [0.717, 1.165) is 12.1 Å². The fourth-order valence-corrected chi connectivity index (χ4v) is 4.40. The summed E-state index contributed by atoms with van der Waals surface area (Å²) in [6.07, 6.45) is -7.06. The van der Waals surface area contributed by atoms with Crippen LogP contribution in [0.1, 0.15) is 25.3 Å². The van der Waals surface area contributed by atoms with Gasteiger partial charge in [0.2, 0.25) is 5.91 Å². The summed E-state index contributed by atoms with van der Waals surface area (Å²) in [6, 6.07) is 4.94. The number of carbonyl (C=O) groups excluding carboxylic acids is 2. The second-order valence-corrected chi connectivity index (χ2v) is 7.34. The van der Waals surface area contributed by atoms with Crippen molar-refractivity contribution in [3.8, 4) is 0 Å². The van der Waals surface area contributed by atoms with Crippen LogP contribution in [0.5, 0.6) is 0 Å². The van der Waals surface area contributed by atoms with E-state index in [-0.39, 0.29) is 10.9 Å². The topological polar surface area (TPSA) is 80.8 Å². The van der Waals surface area contributed by atoms with Crippen molar-refractivity contribution in [2.75, 3.05) is 6.61 Å². The Labute approximate surface area is 142 Å². The largest absolute Gasteiger partial charge is 0.464 e. The van der Waals surface area contributed by atoms with Gasteiger partial charge in [-0.3, -0.25) is 4.79 Å². The minimum atomic E-state index is -5.32. The number of alkyl halides is 3. The summed E-state index contributed by atoms with van der Waals surface area (Å²) in [5, 5.41) is 0. The van der Waals surface area contributed by atoms with Crippen LogP contribution in [0.25, 0.3) is 0 Å². The molecule has 1 saturated heterocycles. The van der Waals surface area contributed by atoms with Gasteiger partial charge in [-0.15, -0.1) is 0 Å². The van der Waals surface area contributed by atoms with Gasteiger partial charge in [-0.2, -0.15) is 13.2 Å². The Bertz CT molecular complexity index is 788. The normalized spacial score (nSPS) is 21.5. The Morgan fingerprint density at radius 2 is 1.84 bits per heavy atom. The average Bonchev–Trinajstić information content (AvgIpc) is 2.87. The van der Waals surface area contributed by atoms with Gasteiger partial charge in [0.05, 0.1) is 11.5 Å². The molecule has 0 saturated carbocycles. The highest BCUT2D eigenvalue weighted by Gasteiger charge is 2.72. The first-order chi connectivity index (χ1) is 11.5. The van der Waals surface area contributed by atoms with Crippen molar-refractivity contribution in [3.63, 3.8) is 0 Å². The van der Waals surface area contributed by atoms with E-state index in [0.29, 0.717) is 5.56 Å². The van der Waals surface area contributed by atoms with Crippen molar-refractivity contribution in [1.29, 1.82) is 0 Å². The van der Waals surface area contributed by atoms with Crippen LogP contribution in [-0.4, -0.2) is 42.9 Å². The van der Waals surface area contributed by atoms with Gasteiger partial charge >= 0.3 is 12.1 Å². The molecule has 0 N–H and O–H groups in total. The molecule has 0 aromatic heterocycles. The number of halogens is 3. The number of rotatable bonds is 4. The minimum absolute atomic E-state index is 0.358. The summed E-state index contributed by atoms with van der Waals surface area (Å²) in [6.45, 7) is 2.57. The van der Waals surface area contributed by atoms with Crippen LogP contribution < -0.4 is 0 Å². The zero-order valence-electron chi connectivity index (χ0n) is 13.5. The predicted molar refractivity (Wildman–Crippen MR) is 79.9 cm³/mol. The molecular formula is C15H16F3NO5S. The van der Waals surface area contributed by atoms with Gasteiger partial charge in [-0.25, -0.2) is 17.5 Å². The lowest BCUT2D eigenvalue weighted by molar-refractivity contribution is -0.223. The number of esters is 1. The molecule has 1 heterocycles. The van der Waals surface area contributed by atoms with Gasteiger partial charge < -0.3 is 4.74 Å². The number of benzene rings is 1. The molecule has 6 nitrogen and oxygen atoms in total. The van der Waals surface area contributed by atoms with E-state index < -0.39 is 51.4 Å². The molecule has 1 aromatic carbocycles. The van der Waals surface area contributed by atoms with Crippen molar-refractivity contribution < 1.29 is 35.9 Å². The van der Waals surface area contributed by atoms with Gasteiger partial charge in [-0.1, -0.05) is 17.7 Å². The monoisotopic (exact) mass is 379 g/mol. The van der Waals surface area contributed by atoms with E-state index in [1.807, 2.05) is 0 Å². The van der Waals surface area contributed by atoms with E-state index in [4.69, 9.17) is 0 Å². The van der Waals surface area contributed by atoms with Crippen LogP contribution >= 0.6 is 0 Å². The first-order valence-corrected chi connectivity index (χ1v) is 8.81. The molecule has 1 fully saturated rings. The third-order valence-corrected chi connectivity index (χ3v) is 5.78. The van der Waals surface area contributed by atoms with Crippen LogP contribution in [0, 0.1) is 6.92 Å². The minimum Gasteiger partial charge on any atom is -0.464 e. The molecule has 25 heavy (non-hydrogen) atoms. The zero-order chi connectivity index (χ0) is 19.0. The summed E-state index contributed by atoms with van der Waals surface area (Å²) in [5.41, 5.74) is -2.87. The van der Waals surface area contributed by atoms with Gasteiger partial charge in [-0.05, 0) is 26.0 Å². The highest BCUT2D eigenvalue weighted by Crippen LogP contribution is 2.47. The molecule has 1 amide bonds. The number of aryl methyl sites for hydroxylation is 1. The molecule has 10 heteroatoms. The number of sulfonamides is 1. The second-order valence-electron chi connectivity index (χ2n) is 5.55. The van der Waals surface area contributed by atoms with E-state index in [1.165, 1.54) is 19.1 Å². The molecule has 1 atom stereocenters. The zero-order valence-corrected chi connectivity index (χ0v) is 14.3. The molecule has 2 rings (SSSR count). The van der Waals surface area contributed by atoms with Gasteiger partial charge in [0.1, 0.15) is 0 Å². The Morgan fingerprint density at radius 3 is 2.32 bits per heavy atom. The molecule has 0 spiro atoms. The second kappa shape index (κ2) is 6.32.